The number of carbonyl (C=O) groups excluding carboxylic acids is 2. The third-order valence-electron chi connectivity index (χ3n) is 4.46. The fourth-order valence-electron chi connectivity index (χ4n) is 2.89. The molecule has 2 amide bonds. The van der Waals surface area contributed by atoms with E-state index in [-0.39, 0.29) is 23.3 Å². The van der Waals surface area contributed by atoms with Gasteiger partial charge in [0.25, 0.3) is 11.8 Å². The molecule has 0 aliphatic heterocycles. The number of pyridine rings is 1. The molecular formula is C23H22FN3O2. The minimum atomic E-state index is -0.288. The lowest BCUT2D eigenvalue weighted by molar-refractivity contribution is 0.0779. The van der Waals surface area contributed by atoms with Gasteiger partial charge in [-0.25, -0.2) is 4.39 Å². The van der Waals surface area contributed by atoms with E-state index in [0.29, 0.717) is 25.1 Å². The standard InChI is InChI=1S/C23H22FN3O2/c1-27(16-18-5-3-2-4-6-18)23(29)21-15-19(12-14-25-21)22(28)26-13-11-17-7-9-20(24)10-8-17/h2-10,12,14-15H,11,13,16H2,1H3,(H,26,28). The average molecular weight is 391 g/mol. The number of benzene rings is 2. The molecule has 29 heavy (non-hydrogen) atoms. The molecule has 0 unspecified atom stereocenters. The number of hydrogen-bond acceptors (Lipinski definition) is 3. The Labute approximate surface area is 169 Å². The van der Waals surface area contributed by atoms with Crippen LogP contribution in [0, 0.1) is 5.82 Å². The van der Waals surface area contributed by atoms with Crippen LogP contribution in [0.5, 0.6) is 0 Å². The molecular weight excluding hydrogens is 369 g/mol. The van der Waals surface area contributed by atoms with Crippen molar-refractivity contribution in [1.29, 1.82) is 0 Å². The molecule has 2 aromatic carbocycles. The third kappa shape index (κ3) is 5.72. The zero-order chi connectivity index (χ0) is 20.6. The number of halogens is 1. The molecule has 0 fully saturated rings. The van der Waals surface area contributed by atoms with Gasteiger partial charge < -0.3 is 10.2 Å². The zero-order valence-corrected chi connectivity index (χ0v) is 16.1. The van der Waals surface area contributed by atoms with Gasteiger partial charge in [0.1, 0.15) is 11.5 Å². The predicted molar refractivity (Wildman–Crippen MR) is 109 cm³/mol. The fraction of sp³-hybridized carbons (Fsp3) is 0.174. The van der Waals surface area contributed by atoms with E-state index >= 15 is 0 Å². The molecule has 148 valence electrons. The van der Waals surface area contributed by atoms with Gasteiger partial charge in [-0.15, -0.1) is 0 Å². The van der Waals surface area contributed by atoms with Gasteiger partial charge in [-0.1, -0.05) is 42.5 Å². The molecule has 0 aliphatic rings. The van der Waals surface area contributed by atoms with Crippen LogP contribution in [0.4, 0.5) is 4.39 Å². The smallest absolute Gasteiger partial charge is 0.272 e. The lowest BCUT2D eigenvalue weighted by Crippen LogP contribution is -2.28. The summed E-state index contributed by atoms with van der Waals surface area (Å²) in [5.41, 5.74) is 2.53. The van der Waals surface area contributed by atoms with Crippen LogP contribution in [0.25, 0.3) is 0 Å². The lowest BCUT2D eigenvalue weighted by Gasteiger charge is -2.17. The average Bonchev–Trinajstić information content (AvgIpc) is 2.75. The predicted octanol–water partition coefficient (Wildman–Crippen LogP) is 3.47. The number of hydrogen-bond donors (Lipinski definition) is 1. The molecule has 0 aliphatic carbocycles. The first-order valence-electron chi connectivity index (χ1n) is 9.31. The molecule has 0 spiro atoms. The Hall–Kier alpha value is -3.54. The minimum absolute atomic E-state index is 0.217. The quantitative estimate of drug-likeness (QED) is 0.671. The molecule has 1 heterocycles. The molecule has 0 saturated heterocycles. The summed E-state index contributed by atoms with van der Waals surface area (Å²) in [6.45, 7) is 0.861. The van der Waals surface area contributed by atoms with Gasteiger partial charge in [0, 0.05) is 31.9 Å². The Morgan fingerprint density at radius 1 is 1.00 bits per heavy atom. The Morgan fingerprint density at radius 3 is 2.45 bits per heavy atom. The summed E-state index contributed by atoms with van der Waals surface area (Å²) in [6, 6.07) is 18.9. The number of aromatic nitrogens is 1. The Bertz CT molecular complexity index is 975. The SMILES string of the molecule is CN(Cc1ccccc1)C(=O)c1cc(C(=O)NCCc2ccc(F)cc2)ccn1. The monoisotopic (exact) mass is 391 g/mol. The summed E-state index contributed by atoms with van der Waals surface area (Å²) < 4.78 is 12.9. The Balaban J connectivity index is 1.58. The highest BCUT2D eigenvalue weighted by Gasteiger charge is 2.16. The van der Waals surface area contributed by atoms with Gasteiger partial charge in [-0.05, 0) is 41.8 Å². The highest BCUT2D eigenvalue weighted by atomic mass is 19.1. The van der Waals surface area contributed by atoms with Gasteiger partial charge in [-0.3, -0.25) is 14.6 Å². The first-order chi connectivity index (χ1) is 14.0. The van der Waals surface area contributed by atoms with Crippen LogP contribution in [0.3, 0.4) is 0 Å². The maximum absolute atomic E-state index is 12.9. The van der Waals surface area contributed by atoms with Gasteiger partial charge in [0.05, 0.1) is 0 Å². The van der Waals surface area contributed by atoms with Crippen molar-refractivity contribution in [3.05, 3.63) is 101 Å². The van der Waals surface area contributed by atoms with Crippen LogP contribution < -0.4 is 5.32 Å². The first-order valence-corrected chi connectivity index (χ1v) is 9.31. The van der Waals surface area contributed by atoms with Crippen molar-refractivity contribution in [2.45, 2.75) is 13.0 Å². The van der Waals surface area contributed by atoms with Crippen molar-refractivity contribution in [2.24, 2.45) is 0 Å². The normalized spacial score (nSPS) is 10.4. The molecule has 0 bridgehead atoms. The third-order valence-corrected chi connectivity index (χ3v) is 4.46. The van der Waals surface area contributed by atoms with Crippen molar-refractivity contribution in [3.63, 3.8) is 0 Å². The second-order valence-corrected chi connectivity index (χ2v) is 6.71. The maximum atomic E-state index is 12.9. The van der Waals surface area contributed by atoms with Gasteiger partial charge >= 0.3 is 0 Å². The van der Waals surface area contributed by atoms with E-state index in [0.717, 1.165) is 11.1 Å². The van der Waals surface area contributed by atoms with Crippen molar-refractivity contribution >= 4 is 11.8 Å². The number of nitrogens with zero attached hydrogens (tertiary/aromatic N) is 2. The molecule has 3 rings (SSSR count). The van der Waals surface area contributed by atoms with E-state index in [9.17, 15) is 14.0 Å². The van der Waals surface area contributed by atoms with Crippen molar-refractivity contribution in [2.75, 3.05) is 13.6 Å². The van der Waals surface area contributed by atoms with Crippen LogP contribution in [0.2, 0.25) is 0 Å². The highest BCUT2D eigenvalue weighted by Crippen LogP contribution is 2.09. The second kappa shape index (κ2) is 9.59. The molecule has 6 heteroatoms. The van der Waals surface area contributed by atoms with Crippen molar-refractivity contribution in [3.8, 4) is 0 Å². The number of amides is 2. The second-order valence-electron chi connectivity index (χ2n) is 6.71. The zero-order valence-electron chi connectivity index (χ0n) is 16.1. The topological polar surface area (TPSA) is 62.3 Å². The molecule has 0 radical (unpaired) electrons. The number of nitrogens with one attached hydrogen (secondary N) is 1. The summed E-state index contributed by atoms with van der Waals surface area (Å²) >= 11 is 0. The van der Waals surface area contributed by atoms with Crippen molar-refractivity contribution < 1.29 is 14.0 Å². The molecule has 1 aromatic heterocycles. The van der Waals surface area contributed by atoms with E-state index in [4.69, 9.17) is 0 Å². The fourth-order valence-corrected chi connectivity index (χ4v) is 2.89. The van der Waals surface area contributed by atoms with Crippen LogP contribution in [0.15, 0.2) is 72.9 Å². The summed E-state index contributed by atoms with van der Waals surface area (Å²) in [5.74, 6) is -0.826. The number of rotatable bonds is 7. The van der Waals surface area contributed by atoms with Crippen LogP contribution in [-0.4, -0.2) is 35.3 Å². The van der Waals surface area contributed by atoms with Gasteiger partial charge in [-0.2, -0.15) is 0 Å². The first kappa shape index (κ1) is 20.2. The molecule has 5 nitrogen and oxygen atoms in total. The van der Waals surface area contributed by atoms with E-state index < -0.39 is 0 Å². The summed E-state index contributed by atoms with van der Waals surface area (Å²) in [6.07, 6.45) is 2.04. The summed E-state index contributed by atoms with van der Waals surface area (Å²) in [5, 5.41) is 2.81. The molecule has 3 aromatic rings. The van der Waals surface area contributed by atoms with E-state index in [1.807, 2.05) is 30.3 Å². The maximum Gasteiger partial charge on any atom is 0.272 e. The largest absolute Gasteiger partial charge is 0.352 e. The molecule has 1 N–H and O–H groups in total. The van der Waals surface area contributed by atoms with Gasteiger partial charge in [0.15, 0.2) is 0 Å². The van der Waals surface area contributed by atoms with Gasteiger partial charge in [0.2, 0.25) is 0 Å². The summed E-state index contributed by atoms with van der Waals surface area (Å²) in [7, 11) is 1.70. The Morgan fingerprint density at radius 2 is 1.72 bits per heavy atom. The van der Waals surface area contributed by atoms with E-state index in [1.165, 1.54) is 24.4 Å². The minimum Gasteiger partial charge on any atom is -0.352 e. The van der Waals surface area contributed by atoms with Crippen LogP contribution in [0.1, 0.15) is 32.0 Å². The molecule has 0 saturated carbocycles. The molecule has 0 atom stereocenters. The van der Waals surface area contributed by atoms with Crippen molar-refractivity contribution in [1.82, 2.24) is 15.2 Å². The van der Waals surface area contributed by atoms with Crippen LogP contribution in [-0.2, 0) is 13.0 Å². The highest BCUT2D eigenvalue weighted by molar-refractivity contribution is 5.98. The lowest BCUT2D eigenvalue weighted by atomic mass is 10.1. The van der Waals surface area contributed by atoms with E-state index in [1.54, 1.807) is 30.1 Å². The Kier molecular flexibility index (Phi) is 6.68. The van der Waals surface area contributed by atoms with E-state index in [2.05, 4.69) is 10.3 Å². The van der Waals surface area contributed by atoms with Crippen LogP contribution >= 0.6 is 0 Å². The summed E-state index contributed by atoms with van der Waals surface area (Å²) in [4.78, 5) is 30.7. The number of carbonyl (C=O) groups is 2.